The van der Waals surface area contributed by atoms with Crippen molar-refractivity contribution >= 4 is 6.09 Å². The molecule has 11 heteroatoms. The number of hydrogen-bond acceptors (Lipinski definition) is 8. The molecule has 0 aromatic carbocycles. The van der Waals surface area contributed by atoms with Crippen LogP contribution in [-0.2, 0) is 9.47 Å². The Balaban J connectivity index is 2.50. The molecular formula is C12H15FN2O8. The number of carbonyl (C=O) groups excluding carboxylic acids is 1. The van der Waals surface area contributed by atoms with Gasteiger partial charge in [0.2, 0.25) is 0 Å². The van der Waals surface area contributed by atoms with E-state index in [4.69, 9.17) is 9.84 Å². The van der Waals surface area contributed by atoms with Gasteiger partial charge in [-0.25, -0.2) is 14.0 Å². The van der Waals surface area contributed by atoms with Gasteiger partial charge in [-0.2, -0.15) is 4.57 Å². The fraction of sp³-hybridized carbons (Fsp3) is 0.583. The van der Waals surface area contributed by atoms with E-state index in [1.165, 1.54) is 6.92 Å². The SMILES string of the molecule is CCOC(=O)n1c(=O)ccn([C@@H]2O[C@](F)(CO)[C@@H](O)[C@H]2O)c1=O. The van der Waals surface area contributed by atoms with E-state index in [0.29, 0.717) is 4.57 Å². The molecule has 1 aliphatic heterocycles. The zero-order chi connectivity index (χ0) is 17.4. The fourth-order valence-corrected chi connectivity index (χ4v) is 2.15. The first-order valence-electron chi connectivity index (χ1n) is 6.62. The van der Waals surface area contributed by atoms with Crippen LogP contribution in [0.15, 0.2) is 21.9 Å². The van der Waals surface area contributed by atoms with Gasteiger partial charge in [0.15, 0.2) is 6.23 Å². The Hall–Kier alpha value is -2.08. The van der Waals surface area contributed by atoms with E-state index in [1.807, 2.05) is 0 Å². The van der Waals surface area contributed by atoms with Crippen molar-refractivity contribution < 1.29 is 34.0 Å². The minimum absolute atomic E-state index is 0.0982. The zero-order valence-corrected chi connectivity index (χ0v) is 12.0. The molecule has 1 aliphatic rings. The molecular weight excluding hydrogens is 319 g/mol. The van der Waals surface area contributed by atoms with Gasteiger partial charge in [-0.05, 0) is 6.92 Å². The lowest BCUT2D eigenvalue weighted by Gasteiger charge is -2.20. The van der Waals surface area contributed by atoms with Crippen molar-refractivity contribution in [2.45, 2.75) is 31.2 Å². The molecule has 0 saturated carbocycles. The lowest BCUT2D eigenvalue weighted by molar-refractivity contribution is -0.207. The van der Waals surface area contributed by atoms with Crippen LogP contribution in [0.25, 0.3) is 0 Å². The first kappa shape index (κ1) is 17.3. The minimum atomic E-state index is -2.99. The monoisotopic (exact) mass is 334 g/mol. The van der Waals surface area contributed by atoms with Gasteiger partial charge >= 0.3 is 11.8 Å². The topological polar surface area (TPSA) is 140 Å². The molecule has 0 amide bonds. The summed E-state index contributed by atoms with van der Waals surface area (Å²) in [6, 6.07) is 0.804. The van der Waals surface area contributed by atoms with Crippen molar-refractivity contribution in [2.24, 2.45) is 0 Å². The summed E-state index contributed by atoms with van der Waals surface area (Å²) in [6.45, 7) is 0.0935. The number of hydrogen-bond donors (Lipinski definition) is 3. The normalized spacial score (nSPS) is 30.4. The highest BCUT2D eigenvalue weighted by Crippen LogP contribution is 2.37. The van der Waals surface area contributed by atoms with E-state index in [-0.39, 0.29) is 11.2 Å². The quantitative estimate of drug-likeness (QED) is 0.572. The Morgan fingerprint density at radius 3 is 2.65 bits per heavy atom. The molecule has 1 aromatic heterocycles. The van der Waals surface area contributed by atoms with Crippen LogP contribution in [0.4, 0.5) is 9.18 Å². The number of aliphatic hydroxyl groups is 3. The highest BCUT2D eigenvalue weighted by Gasteiger charge is 2.56. The molecule has 0 bridgehead atoms. The summed E-state index contributed by atoms with van der Waals surface area (Å²) in [7, 11) is 0. The predicted octanol–water partition coefficient (Wildman–Crippen LogP) is -2.08. The number of nitrogens with zero attached hydrogens (tertiary/aromatic N) is 2. The molecule has 1 aromatic rings. The molecule has 0 spiro atoms. The Bertz CT molecular complexity index is 716. The van der Waals surface area contributed by atoms with Crippen LogP contribution in [0.3, 0.4) is 0 Å². The summed E-state index contributed by atoms with van der Waals surface area (Å²) < 4.78 is 24.0. The van der Waals surface area contributed by atoms with Crippen LogP contribution in [0.2, 0.25) is 0 Å². The summed E-state index contributed by atoms with van der Waals surface area (Å²) in [5.74, 6) is -2.99. The zero-order valence-electron chi connectivity index (χ0n) is 12.0. The van der Waals surface area contributed by atoms with Gasteiger partial charge in [-0.3, -0.25) is 9.36 Å². The summed E-state index contributed by atoms with van der Waals surface area (Å²) in [5.41, 5.74) is -2.25. The second-order valence-electron chi connectivity index (χ2n) is 4.77. The van der Waals surface area contributed by atoms with Gasteiger partial charge in [0, 0.05) is 12.3 Å². The first-order valence-corrected chi connectivity index (χ1v) is 6.62. The smallest absolute Gasteiger partial charge is 0.425 e. The maximum absolute atomic E-state index is 14.1. The number of ether oxygens (including phenoxy) is 2. The third kappa shape index (κ3) is 2.79. The number of carbonyl (C=O) groups is 1. The molecule has 128 valence electrons. The third-order valence-electron chi connectivity index (χ3n) is 3.32. The van der Waals surface area contributed by atoms with E-state index in [9.17, 15) is 29.0 Å². The van der Waals surface area contributed by atoms with Crippen LogP contribution >= 0.6 is 0 Å². The van der Waals surface area contributed by atoms with E-state index < -0.39 is 48.2 Å². The maximum Gasteiger partial charge on any atom is 0.425 e. The van der Waals surface area contributed by atoms with Crippen molar-refractivity contribution in [3.63, 3.8) is 0 Å². The number of rotatable bonds is 3. The average Bonchev–Trinajstić information content (AvgIpc) is 2.73. The minimum Gasteiger partial charge on any atom is -0.449 e. The van der Waals surface area contributed by atoms with Crippen LogP contribution in [0, 0.1) is 0 Å². The van der Waals surface area contributed by atoms with Crippen LogP contribution in [0.5, 0.6) is 0 Å². The van der Waals surface area contributed by atoms with Gasteiger partial charge in [0.25, 0.3) is 11.4 Å². The molecule has 0 radical (unpaired) electrons. The van der Waals surface area contributed by atoms with Crippen LogP contribution < -0.4 is 11.2 Å². The highest BCUT2D eigenvalue weighted by molar-refractivity contribution is 5.69. The molecule has 2 heterocycles. The summed E-state index contributed by atoms with van der Waals surface area (Å²) in [4.78, 5) is 35.5. The lowest BCUT2D eigenvalue weighted by atomic mass is 10.1. The molecule has 23 heavy (non-hydrogen) atoms. The molecule has 1 fully saturated rings. The van der Waals surface area contributed by atoms with Gasteiger partial charge < -0.3 is 24.8 Å². The number of aliphatic hydroxyl groups excluding tert-OH is 3. The van der Waals surface area contributed by atoms with Crippen LogP contribution in [-0.4, -0.2) is 61.8 Å². The van der Waals surface area contributed by atoms with Gasteiger partial charge in [0.05, 0.1) is 6.61 Å². The van der Waals surface area contributed by atoms with Crippen LogP contribution in [0.1, 0.15) is 13.2 Å². The Morgan fingerprint density at radius 1 is 1.48 bits per heavy atom. The standard InChI is InChI=1S/C12H15FN2O8/c1-2-22-11(21)15-6(17)3-4-14(10(15)20)9-7(18)8(19)12(13,5-16)23-9/h3-4,7-9,16,18-19H,2,5H2,1H3/t7-,8+,9-,12-/m1/s1. The highest BCUT2D eigenvalue weighted by atomic mass is 19.2. The fourth-order valence-electron chi connectivity index (χ4n) is 2.15. The first-order chi connectivity index (χ1) is 10.8. The van der Waals surface area contributed by atoms with E-state index in [0.717, 1.165) is 12.3 Å². The van der Waals surface area contributed by atoms with Crippen molar-refractivity contribution in [2.75, 3.05) is 13.2 Å². The number of aromatic nitrogens is 2. The molecule has 0 unspecified atom stereocenters. The Kier molecular flexibility index (Phi) is 4.66. The van der Waals surface area contributed by atoms with Gasteiger partial charge in [-0.15, -0.1) is 0 Å². The van der Waals surface area contributed by atoms with E-state index in [2.05, 4.69) is 4.74 Å². The van der Waals surface area contributed by atoms with E-state index >= 15 is 0 Å². The Morgan fingerprint density at radius 2 is 2.13 bits per heavy atom. The summed E-state index contributed by atoms with van der Waals surface area (Å²) in [5, 5.41) is 28.3. The molecule has 4 atom stereocenters. The molecule has 3 N–H and O–H groups in total. The maximum atomic E-state index is 14.1. The lowest BCUT2D eigenvalue weighted by Crippen LogP contribution is -2.46. The molecule has 2 rings (SSSR count). The molecule has 1 saturated heterocycles. The number of halogens is 1. The third-order valence-corrected chi connectivity index (χ3v) is 3.32. The van der Waals surface area contributed by atoms with Gasteiger partial charge in [-0.1, -0.05) is 0 Å². The van der Waals surface area contributed by atoms with E-state index in [1.54, 1.807) is 0 Å². The second-order valence-corrected chi connectivity index (χ2v) is 4.77. The Labute approximate surface area is 127 Å². The average molecular weight is 334 g/mol. The summed E-state index contributed by atoms with van der Waals surface area (Å²) in [6.07, 6.45) is -6.19. The largest absolute Gasteiger partial charge is 0.449 e. The van der Waals surface area contributed by atoms with Crippen molar-refractivity contribution in [1.29, 1.82) is 0 Å². The van der Waals surface area contributed by atoms with Crippen molar-refractivity contribution in [1.82, 2.24) is 9.13 Å². The predicted molar refractivity (Wildman–Crippen MR) is 70.4 cm³/mol. The second kappa shape index (κ2) is 6.20. The van der Waals surface area contributed by atoms with Gasteiger partial charge in [0.1, 0.15) is 18.8 Å². The van der Waals surface area contributed by atoms with Crippen molar-refractivity contribution in [3.05, 3.63) is 33.1 Å². The molecule has 10 nitrogen and oxygen atoms in total. The number of alkyl halides is 1. The van der Waals surface area contributed by atoms with Crippen molar-refractivity contribution in [3.8, 4) is 0 Å². The molecule has 0 aliphatic carbocycles. The summed E-state index contributed by atoms with van der Waals surface area (Å²) >= 11 is 0.